The summed E-state index contributed by atoms with van der Waals surface area (Å²) in [6, 6.07) is 6.75. The highest BCUT2D eigenvalue weighted by atomic mass is 16.3. The van der Waals surface area contributed by atoms with Crippen molar-refractivity contribution in [1.82, 2.24) is 0 Å². The molecule has 0 amide bonds. The zero-order chi connectivity index (χ0) is 12.0. The molecular weight excluding hydrogens is 202 g/mol. The lowest BCUT2D eigenvalue weighted by atomic mass is 9.96. The highest BCUT2D eigenvalue weighted by Crippen LogP contribution is 2.13. The Hall–Kier alpha value is -1.35. The van der Waals surface area contributed by atoms with Crippen LogP contribution in [-0.2, 0) is 11.2 Å². The second kappa shape index (κ2) is 6.28. The second-order valence-electron chi connectivity index (χ2n) is 4.10. The van der Waals surface area contributed by atoms with Crippen LogP contribution in [0.1, 0.15) is 25.3 Å². The number of hydrogen-bond acceptors (Lipinski definition) is 3. The number of carbonyl (C=O) groups is 1. The van der Waals surface area contributed by atoms with Crippen LogP contribution in [0.5, 0.6) is 5.75 Å². The zero-order valence-electron chi connectivity index (χ0n) is 9.65. The standard InChI is InChI=1S/C13H19NO2/c1-2-10(9-14)7-13(16)8-11-3-5-12(15)6-4-11/h3-6,10,15H,2,7-9,14H2,1H3. The SMILES string of the molecule is CCC(CN)CC(=O)Cc1ccc(O)cc1. The minimum absolute atomic E-state index is 0.211. The molecule has 3 N–H and O–H groups in total. The highest BCUT2D eigenvalue weighted by molar-refractivity contribution is 5.81. The Morgan fingerprint density at radius 1 is 1.38 bits per heavy atom. The molecule has 1 unspecified atom stereocenters. The fourth-order valence-corrected chi connectivity index (χ4v) is 1.63. The second-order valence-corrected chi connectivity index (χ2v) is 4.10. The van der Waals surface area contributed by atoms with Crippen LogP contribution >= 0.6 is 0 Å². The Labute approximate surface area is 96.3 Å². The van der Waals surface area contributed by atoms with Gasteiger partial charge in [0.15, 0.2) is 0 Å². The van der Waals surface area contributed by atoms with Crippen molar-refractivity contribution in [3.8, 4) is 5.75 Å². The normalized spacial score (nSPS) is 12.4. The summed E-state index contributed by atoms with van der Waals surface area (Å²) in [4.78, 5) is 11.7. The van der Waals surface area contributed by atoms with E-state index in [1.54, 1.807) is 24.3 Å². The van der Waals surface area contributed by atoms with Crippen LogP contribution in [0.2, 0.25) is 0 Å². The number of aromatic hydroxyl groups is 1. The van der Waals surface area contributed by atoms with Crippen molar-refractivity contribution in [3.63, 3.8) is 0 Å². The molecule has 0 aliphatic rings. The molecule has 1 aromatic rings. The summed E-state index contributed by atoms with van der Waals surface area (Å²) < 4.78 is 0. The van der Waals surface area contributed by atoms with Gasteiger partial charge in [-0.3, -0.25) is 4.79 Å². The highest BCUT2D eigenvalue weighted by Gasteiger charge is 2.10. The Morgan fingerprint density at radius 2 is 2.00 bits per heavy atom. The molecule has 3 heteroatoms. The Kier molecular flexibility index (Phi) is 4.99. The maximum Gasteiger partial charge on any atom is 0.137 e. The fraction of sp³-hybridized carbons (Fsp3) is 0.462. The van der Waals surface area contributed by atoms with Gasteiger partial charge in [0.25, 0.3) is 0 Å². The molecule has 1 aromatic carbocycles. The van der Waals surface area contributed by atoms with Gasteiger partial charge in [0.05, 0.1) is 0 Å². The van der Waals surface area contributed by atoms with E-state index in [4.69, 9.17) is 10.8 Å². The summed E-state index contributed by atoms with van der Waals surface area (Å²) in [6.07, 6.45) is 1.92. The van der Waals surface area contributed by atoms with E-state index in [-0.39, 0.29) is 11.5 Å². The van der Waals surface area contributed by atoms with Gasteiger partial charge in [-0.05, 0) is 30.2 Å². The molecule has 0 aliphatic heterocycles. The number of hydrogen-bond donors (Lipinski definition) is 2. The molecule has 0 aromatic heterocycles. The lowest BCUT2D eigenvalue weighted by Crippen LogP contribution is -2.18. The van der Waals surface area contributed by atoms with E-state index in [9.17, 15) is 4.79 Å². The Balaban J connectivity index is 2.48. The Morgan fingerprint density at radius 3 is 2.50 bits per heavy atom. The topological polar surface area (TPSA) is 63.3 Å². The summed E-state index contributed by atoms with van der Waals surface area (Å²) in [5.41, 5.74) is 6.50. The number of nitrogens with two attached hydrogens (primary N) is 1. The van der Waals surface area contributed by atoms with Crippen molar-refractivity contribution >= 4 is 5.78 Å². The van der Waals surface area contributed by atoms with Gasteiger partial charge in [0, 0.05) is 12.8 Å². The molecule has 0 radical (unpaired) electrons. The molecule has 0 saturated heterocycles. The molecular formula is C13H19NO2. The summed E-state index contributed by atoms with van der Waals surface area (Å²) in [6.45, 7) is 2.61. The fourth-order valence-electron chi connectivity index (χ4n) is 1.63. The predicted molar refractivity (Wildman–Crippen MR) is 64.3 cm³/mol. The van der Waals surface area contributed by atoms with E-state index >= 15 is 0 Å². The number of phenols is 1. The van der Waals surface area contributed by atoms with Crippen LogP contribution in [0.15, 0.2) is 24.3 Å². The molecule has 0 aliphatic carbocycles. The monoisotopic (exact) mass is 221 g/mol. The van der Waals surface area contributed by atoms with Crippen molar-refractivity contribution < 1.29 is 9.90 Å². The number of carbonyl (C=O) groups excluding carboxylic acids is 1. The van der Waals surface area contributed by atoms with Gasteiger partial charge >= 0.3 is 0 Å². The molecule has 0 spiro atoms. The van der Waals surface area contributed by atoms with Gasteiger partial charge in [-0.1, -0.05) is 25.5 Å². The third kappa shape index (κ3) is 4.03. The molecule has 0 fully saturated rings. The largest absolute Gasteiger partial charge is 0.508 e. The lowest BCUT2D eigenvalue weighted by Gasteiger charge is -2.10. The predicted octanol–water partition coefficient (Wildman–Crippen LogP) is 1.88. The van der Waals surface area contributed by atoms with E-state index in [0.29, 0.717) is 25.3 Å². The number of Topliss-reactive ketones (excluding diaryl/α,β-unsaturated/α-hetero) is 1. The average molecular weight is 221 g/mol. The quantitative estimate of drug-likeness (QED) is 0.771. The van der Waals surface area contributed by atoms with Crippen molar-refractivity contribution in [2.75, 3.05) is 6.54 Å². The summed E-state index contributed by atoms with van der Waals surface area (Å²) in [7, 11) is 0. The molecule has 88 valence electrons. The average Bonchev–Trinajstić information content (AvgIpc) is 2.29. The van der Waals surface area contributed by atoms with Crippen LogP contribution in [-0.4, -0.2) is 17.4 Å². The van der Waals surface area contributed by atoms with Gasteiger partial charge in [-0.15, -0.1) is 0 Å². The minimum atomic E-state index is 0.211. The molecule has 0 bridgehead atoms. The number of benzene rings is 1. The zero-order valence-corrected chi connectivity index (χ0v) is 9.65. The van der Waals surface area contributed by atoms with Crippen LogP contribution < -0.4 is 5.73 Å². The maximum atomic E-state index is 11.7. The number of phenolic OH excluding ortho intramolecular Hbond substituents is 1. The number of ketones is 1. The first-order chi connectivity index (χ1) is 7.65. The van der Waals surface area contributed by atoms with Crippen LogP contribution in [0.25, 0.3) is 0 Å². The first kappa shape index (κ1) is 12.7. The summed E-state index contributed by atoms with van der Waals surface area (Å²) in [5.74, 6) is 0.734. The van der Waals surface area contributed by atoms with Crippen molar-refractivity contribution in [2.45, 2.75) is 26.2 Å². The minimum Gasteiger partial charge on any atom is -0.508 e. The van der Waals surface area contributed by atoms with Gasteiger partial charge in [-0.2, -0.15) is 0 Å². The molecule has 0 heterocycles. The van der Waals surface area contributed by atoms with E-state index in [0.717, 1.165) is 12.0 Å². The molecule has 3 nitrogen and oxygen atoms in total. The van der Waals surface area contributed by atoms with E-state index in [1.165, 1.54) is 0 Å². The summed E-state index contributed by atoms with van der Waals surface area (Å²) in [5, 5.41) is 9.11. The summed E-state index contributed by atoms with van der Waals surface area (Å²) >= 11 is 0. The van der Waals surface area contributed by atoms with Crippen molar-refractivity contribution in [3.05, 3.63) is 29.8 Å². The molecule has 1 atom stereocenters. The van der Waals surface area contributed by atoms with Crippen LogP contribution in [0, 0.1) is 5.92 Å². The Bertz CT molecular complexity index is 328. The van der Waals surface area contributed by atoms with Gasteiger partial charge < -0.3 is 10.8 Å². The van der Waals surface area contributed by atoms with Gasteiger partial charge in [0.1, 0.15) is 11.5 Å². The van der Waals surface area contributed by atoms with E-state index < -0.39 is 0 Å². The maximum absolute atomic E-state index is 11.7. The number of rotatable bonds is 6. The van der Waals surface area contributed by atoms with Crippen LogP contribution in [0.3, 0.4) is 0 Å². The van der Waals surface area contributed by atoms with Crippen molar-refractivity contribution in [1.29, 1.82) is 0 Å². The van der Waals surface area contributed by atoms with Crippen molar-refractivity contribution in [2.24, 2.45) is 11.7 Å². The van der Waals surface area contributed by atoms with E-state index in [2.05, 4.69) is 0 Å². The third-order valence-electron chi connectivity index (χ3n) is 2.76. The third-order valence-corrected chi connectivity index (χ3v) is 2.76. The lowest BCUT2D eigenvalue weighted by molar-refractivity contribution is -0.119. The molecule has 1 rings (SSSR count). The van der Waals surface area contributed by atoms with Crippen LogP contribution in [0.4, 0.5) is 0 Å². The van der Waals surface area contributed by atoms with E-state index in [1.807, 2.05) is 6.92 Å². The molecule has 16 heavy (non-hydrogen) atoms. The van der Waals surface area contributed by atoms with Gasteiger partial charge in [-0.25, -0.2) is 0 Å². The van der Waals surface area contributed by atoms with Gasteiger partial charge in [0.2, 0.25) is 0 Å². The molecule has 0 saturated carbocycles. The smallest absolute Gasteiger partial charge is 0.137 e. The first-order valence-corrected chi connectivity index (χ1v) is 5.65. The first-order valence-electron chi connectivity index (χ1n) is 5.65.